The maximum Gasteiger partial charge on any atom is 0.441 e. The Kier molecular flexibility index (Phi) is 7.07. The van der Waals surface area contributed by atoms with E-state index in [0.717, 1.165) is 10.0 Å². The van der Waals surface area contributed by atoms with Crippen molar-refractivity contribution >= 4 is 27.7 Å². The molecule has 0 radical (unpaired) electrons. The summed E-state index contributed by atoms with van der Waals surface area (Å²) in [4.78, 5) is 0. The zero-order valence-electron chi connectivity index (χ0n) is 12.4. The van der Waals surface area contributed by atoms with Crippen LogP contribution in [0.3, 0.4) is 0 Å². The Labute approximate surface area is 137 Å². The fourth-order valence-electron chi connectivity index (χ4n) is 1.87. The molecule has 0 spiro atoms. The maximum absolute atomic E-state index is 12.3. The van der Waals surface area contributed by atoms with Crippen molar-refractivity contribution < 1.29 is 13.2 Å². The highest BCUT2D eigenvalue weighted by atomic mass is 79.9. The van der Waals surface area contributed by atoms with E-state index in [9.17, 15) is 13.2 Å². The fourth-order valence-corrected chi connectivity index (χ4v) is 2.77. The molecule has 0 heterocycles. The molecular weight excluding hydrogens is 363 g/mol. The first-order valence-electron chi connectivity index (χ1n) is 6.78. The molecule has 6 heteroatoms. The molecule has 1 rings (SSSR count). The number of rotatable bonds is 6. The number of hydrogen-bond acceptors (Lipinski definition) is 2. The molecule has 1 unspecified atom stereocenters. The molecule has 0 aliphatic heterocycles. The third-order valence-electron chi connectivity index (χ3n) is 2.95. The van der Waals surface area contributed by atoms with Crippen molar-refractivity contribution in [2.45, 2.75) is 44.2 Å². The summed E-state index contributed by atoms with van der Waals surface area (Å²) in [6, 6.07) is 7.79. The van der Waals surface area contributed by atoms with Crippen molar-refractivity contribution in [2.24, 2.45) is 0 Å². The third kappa shape index (κ3) is 8.73. The molecule has 0 saturated carbocycles. The van der Waals surface area contributed by atoms with Gasteiger partial charge in [0.25, 0.3) is 0 Å². The monoisotopic (exact) mass is 383 g/mol. The Morgan fingerprint density at radius 2 is 1.71 bits per heavy atom. The topological polar surface area (TPSA) is 12.0 Å². The molecule has 0 aromatic heterocycles. The zero-order valence-corrected chi connectivity index (χ0v) is 14.8. The van der Waals surface area contributed by atoms with Crippen LogP contribution in [0.2, 0.25) is 0 Å². The number of halogens is 4. The lowest BCUT2D eigenvalue weighted by atomic mass is 9.95. The minimum atomic E-state index is -4.15. The third-order valence-corrected chi connectivity index (χ3v) is 4.25. The SMILES string of the molecule is CC(C)(C)NCC(CCSC(F)(F)F)c1ccc(Br)cc1. The van der Waals surface area contributed by atoms with E-state index in [4.69, 9.17) is 0 Å². The molecule has 0 aliphatic carbocycles. The highest BCUT2D eigenvalue weighted by Crippen LogP contribution is 2.33. The molecule has 0 saturated heterocycles. The molecule has 0 aliphatic rings. The molecule has 1 N–H and O–H groups in total. The number of benzene rings is 1. The van der Waals surface area contributed by atoms with E-state index in [-0.39, 0.29) is 29.0 Å². The molecular formula is C15H21BrF3NS. The van der Waals surface area contributed by atoms with Gasteiger partial charge >= 0.3 is 5.51 Å². The van der Waals surface area contributed by atoms with Crippen molar-refractivity contribution in [2.75, 3.05) is 12.3 Å². The van der Waals surface area contributed by atoms with Crippen LogP contribution < -0.4 is 5.32 Å². The molecule has 1 nitrogen and oxygen atoms in total. The fraction of sp³-hybridized carbons (Fsp3) is 0.600. The summed E-state index contributed by atoms with van der Waals surface area (Å²) in [7, 11) is 0. The van der Waals surface area contributed by atoms with Gasteiger partial charge in [-0.15, -0.1) is 0 Å². The average molecular weight is 384 g/mol. The predicted octanol–water partition coefficient (Wildman–Crippen LogP) is 5.56. The number of alkyl halides is 3. The second-order valence-corrected chi connectivity index (χ2v) is 8.04. The van der Waals surface area contributed by atoms with Crippen LogP contribution in [0.1, 0.15) is 38.7 Å². The van der Waals surface area contributed by atoms with E-state index in [1.807, 2.05) is 24.3 Å². The second kappa shape index (κ2) is 7.88. The number of thioether (sulfide) groups is 1. The second-order valence-electron chi connectivity index (χ2n) is 5.96. The lowest BCUT2D eigenvalue weighted by Gasteiger charge is -2.26. The van der Waals surface area contributed by atoms with Gasteiger partial charge in [0.2, 0.25) is 0 Å². The largest absolute Gasteiger partial charge is 0.441 e. The highest BCUT2D eigenvalue weighted by Gasteiger charge is 2.28. The Balaban J connectivity index is 2.67. The summed E-state index contributed by atoms with van der Waals surface area (Å²) in [6.45, 7) is 6.83. The first-order chi connectivity index (χ1) is 9.57. The first kappa shape index (κ1) is 18.8. The highest BCUT2D eigenvalue weighted by molar-refractivity contribution is 9.10. The van der Waals surface area contributed by atoms with Gasteiger partial charge in [0.05, 0.1) is 0 Å². The van der Waals surface area contributed by atoms with Crippen LogP contribution in [0.25, 0.3) is 0 Å². The van der Waals surface area contributed by atoms with E-state index in [1.165, 1.54) is 0 Å². The summed E-state index contributed by atoms with van der Waals surface area (Å²) in [5.41, 5.74) is -3.13. The molecule has 120 valence electrons. The van der Waals surface area contributed by atoms with Gasteiger partial charge in [-0.3, -0.25) is 0 Å². The summed E-state index contributed by atoms with van der Waals surface area (Å²) >= 11 is 3.43. The van der Waals surface area contributed by atoms with Crippen molar-refractivity contribution in [3.05, 3.63) is 34.3 Å². The van der Waals surface area contributed by atoms with Crippen LogP contribution in [0.5, 0.6) is 0 Å². The maximum atomic E-state index is 12.3. The number of nitrogens with one attached hydrogen (secondary N) is 1. The van der Waals surface area contributed by atoms with Gasteiger partial charge in [-0.2, -0.15) is 13.2 Å². The van der Waals surface area contributed by atoms with Crippen molar-refractivity contribution in [3.8, 4) is 0 Å². The van der Waals surface area contributed by atoms with E-state index >= 15 is 0 Å². The standard InChI is InChI=1S/C15H21BrF3NS/c1-14(2,3)20-10-12(8-9-21-15(17,18)19)11-4-6-13(16)7-5-11/h4-7,12,20H,8-10H2,1-3H3. The minimum Gasteiger partial charge on any atom is -0.311 e. The summed E-state index contributed by atoms with van der Waals surface area (Å²) in [5.74, 6) is 0.156. The van der Waals surface area contributed by atoms with E-state index in [0.29, 0.717) is 13.0 Å². The van der Waals surface area contributed by atoms with Crippen LogP contribution in [-0.4, -0.2) is 23.3 Å². The van der Waals surface area contributed by atoms with Crippen LogP contribution in [0.4, 0.5) is 13.2 Å². The molecule has 0 bridgehead atoms. The Bertz CT molecular complexity index is 426. The molecule has 1 atom stereocenters. The molecule has 1 aromatic rings. The van der Waals surface area contributed by atoms with Gasteiger partial charge in [-0.05, 0) is 50.8 Å². The van der Waals surface area contributed by atoms with Crippen molar-refractivity contribution in [1.82, 2.24) is 5.32 Å². The summed E-state index contributed by atoms with van der Waals surface area (Å²) in [6.07, 6.45) is 0.495. The van der Waals surface area contributed by atoms with Crippen LogP contribution in [0, 0.1) is 0 Å². The summed E-state index contributed by atoms with van der Waals surface area (Å²) < 4.78 is 37.8. The minimum absolute atomic E-state index is 0.0508. The van der Waals surface area contributed by atoms with Gasteiger partial charge in [-0.25, -0.2) is 0 Å². The van der Waals surface area contributed by atoms with Crippen LogP contribution >= 0.6 is 27.7 Å². The van der Waals surface area contributed by atoms with E-state index in [2.05, 4.69) is 42.0 Å². The van der Waals surface area contributed by atoms with Gasteiger partial charge in [-0.1, -0.05) is 39.8 Å². The Hall–Kier alpha value is -0.200. The average Bonchev–Trinajstić information content (AvgIpc) is 2.32. The van der Waals surface area contributed by atoms with Gasteiger partial charge in [0.15, 0.2) is 0 Å². The normalized spacial score (nSPS) is 14.2. The van der Waals surface area contributed by atoms with E-state index < -0.39 is 5.51 Å². The van der Waals surface area contributed by atoms with Gasteiger partial charge < -0.3 is 5.32 Å². The smallest absolute Gasteiger partial charge is 0.311 e. The molecule has 1 aromatic carbocycles. The molecule has 0 fully saturated rings. The Morgan fingerprint density at radius 3 is 2.19 bits per heavy atom. The van der Waals surface area contributed by atoms with Crippen LogP contribution in [0.15, 0.2) is 28.7 Å². The van der Waals surface area contributed by atoms with Gasteiger partial charge in [0.1, 0.15) is 0 Å². The van der Waals surface area contributed by atoms with Crippen molar-refractivity contribution in [3.63, 3.8) is 0 Å². The van der Waals surface area contributed by atoms with E-state index in [1.54, 1.807) is 0 Å². The van der Waals surface area contributed by atoms with Crippen LogP contribution in [-0.2, 0) is 0 Å². The Morgan fingerprint density at radius 1 is 1.14 bits per heavy atom. The lowest BCUT2D eigenvalue weighted by molar-refractivity contribution is -0.0328. The summed E-state index contributed by atoms with van der Waals surface area (Å²) in [5, 5.41) is 3.38. The molecule has 21 heavy (non-hydrogen) atoms. The molecule has 0 amide bonds. The lowest BCUT2D eigenvalue weighted by Crippen LogP contribution is -2.38. The first-order valence-corrected chi connectivity index (χ1v) is 8.56. The number of hydrogen-bond donors (Lipinski definition) is 1. The zero-order chi connectivity index (χ0) is 16.1. The van der Waals surface area contributed by atoms with Gasteiger partial charge in [0, 0.05) is 22.3 Å². The van der Waals surface area contributed by atoms with Crippen molar-refractivity contribution in [1.29, 1.82) is 0 Å². The quantitative estimate of drug-likeness (QED) is 0.689. The predicted molar refractivity (Wildman–Crippen MR) is 87.8 cm³/mol.